The van der Waals surface area contributed by atoms with Crippen LogP contribution in [-0.4, -0.2) is 52.5 Å². The summed E-state index contributed by atoms with van der Waals surface area (Å²) in [6.07, 6.45) is 5.19. The van der Waals surface area contributed by atoms with E-state index in [0.29, 0.717) is 36.0 Å². The van der Waals surface area contributed by atoms with Gasteiger partial charge in [-0.15, -0.1) is 0 Å². The lowest BCUT2D eigenvalue weighted by atomic mass is 10.2. The lowest BCUT2D eigenvalue weighted by Gasteiger charge is -2.14. The quantitative estimate of drug-likeness (QED) is 0.412. The zero-order chi connectivity index (χ0) is 27.5. The molecule has 3 N–H and O–H groups in total. The molecule has 1 atom stereocenters. The average Bonchev–Trinajstić information content (AvgIpc) is 3.67. The summed E-state index contributed by atoms with van der Waals surface area (Å²) in [5.74, 6) is -0.0211. The molecular formula is C27H28ClFN4O5. The highest BCUT2D eigenvalue weighted by atomic mass is 35.5. The standard InChI is InChI=1S/C12H9FN2O2.C8H13NO2.C7H6ClNO/c13-10-7-9(4-5-11(10)14-8-16)15-6-2-1-3-12(15)17;10-7-3-4-9(5-7)8(11)6-1-2-6;8-6-1-3-7(4-2-6)9-5-10/h1-8H,(H,14,16);6-7,10H,1-5H2;1-5H,(H,9,10). The fourth-order valence-electron chi connectivity index (χ4n) is 3.62. The molecule has 2 aromatic carbocycles. The Labute approximate surface area is 223 Å². The van der Waals surface area contributed by atoms with Crippen LogP contribution in [0.5, 0.6) is 0 Å². The van der Waals surface area contributed by atoms with Crippen LogP contribution in [0.25, 0.3) is 5.69 Å². The van der Waals surface area contributed by atoms with Crippen molar-refractivity contribution in [3.05, 3.63) is 88.1 Å². The first-order valence-electron chi connectivity index (χ1n) is 11.9. The van der Waals surface area contributed by atoms with Crippen LogP contribution in [0.1, 0.15) is 19.3 Å². The zero-order valence-electron chi connectivity index (χ0n) is 20.4. The zero-order valence-corrected chi connectivity index (χ0v) is 21.2. The number of aliphatic hydroxyl groups excluding tert-OH is 1. The molecule has 11 heteroatoms. The Balaban J connectivity index is 0.000000166. The molecule has 1 aromatic heterocycles. The summed E-state index contributed by atoms with van der Waals surface area (Å²) in [5.41, 5.74) is 0.986. The van der Waals surface area contributed by atoms with Crippen molar-refractivity contribution in [2.45, 2.75) is 25.4 Å². The molecule has 2 aliphatic rings. The second-order valence-electron chi connectivity index (χ2n) is 8.61. The number of rotatable bonds is 6. The number of benzene rings is 2. The van der Waals surface area contributed by atoms with E-state index in [1.54, 1.807) is 53.6 Å². The maximum absolute atomic E-state index is 13.5. The van der Waals surface area contributed by atoms with Gasteiger partial charge in [0.25, 0.3) is 5.56 Å². The molecule has 2 fully saturated rings. The second-order valence-corrected chi connectivity index (χ2v) is 9.04. The van der Waals surface area contributed by atoms with Crippen LogP contribution in [0.3, 0.4) is 0 Å². The summed E-state index contributed by atoms with van der Waals surface area (Å²) in [4.78, 5) is 44.8. The van der Waals surface area contributed by atoms with E-state index >= 15 is 0 Å². The summed E-state index contributed by atoms with van der Waals surface area (Å²) in [6, 6.07) is 15.7. The maximum atomic E-state index is 13.5. The summed E-state index contributed by atoms with van der Waals surface area (Å²) < 4.78 is 14.8. The van der Waals surface area contributed by atoms with E-state index in [9.17, 15) is 23.6 Å². The molecule has 0 bridgehead atoms. The third-order valence-corrected chi connectivity index (χ3v) is 5.99. The largest absolute Gasteiger partial charge is 0.391 e. The van der Waals surface area contributed by atoms with Crippen LogP contribution in [-0.2, 0) is 14.4 Å². The minimum absolute atomic E-state index is 0.0766. The molecular weight excluding hydrogens is 515 g/mol. The van der Waals surface area contributed by atoms with Gasteiger partial charge in [0.2, 0.25) is 18.7 Å². The van der Waals surface area contributed by atoms with E-state index in [0.717, 1.165) is 31.5 Å². The number of nitrogens with one attached hydrogen (secondary N) is 2. The minimum atomic E-state index is -0.592. The smallest absolute Gasteiger partial charge is 0.255 e. The van der Waals surface area contributed by atoms with Gasteiger partial charge in [-0.3, -0.25) is 23.7 Å². The number of likely N-dealkylation sites (tertiary alicyclic amines) is 1. The van der Waals surface area contributed by atoms with Crippen molar-refractivity contribution >= 4 is 41.7 Å². The van der Waals surface area contributed by atoms with Gasteiger partial charge in [0, 0.05) is 48.0 Å². The van der Waals surface area contributed by atoms with Crippen molar-refractivity contribution < 1.29 is 23.9 Å². The molecule has 1 aliphatic heterocycles. The highest BCUT2D eigenvalue weighted by Crippen LogP contribution is 2.32. The Morgan fingerprint density at radius 3 is 2.26 bits per heavy atom. The normalized spacial score (nSPS) is 15.8. The van der Waals surface area contributed by atoms with Gasteiger partial charge in [-0.2, -0.15) is 0 Å². The number of anilines is 2. The predicted octanol–water partition coefficient (Wildman–Crippen LogP) is 3.44. The van der Waals surface area contributed by atoms with Crippen molar-refractivity contribution in [3.63, 3.8) is 0 Å². The number of carbonyl (C=O) groups is 3. The topological polar surface area (TPSA) is 121 Å². The van der Waals surface area contributed by atoms with Crippen LogP contribution < -0.4 is 16.2 Å². The van der Waals surface area contributed by atoms with E-state index in [4.69, 9.17) is 16.7 Å². The fraction of sp³-hybridized carbons (Fsp3) is 0.259. The predicted molar refractivity (Wildman–Crippen MR) is 143 cm³/mol. The third kappa shape index (κ3) is 8.53. The van der Waals surface area contributed by atoms with Crippen LogP contribution >= 0.6 is 11.6 Å². The summed E-state index contributed by atoms with van der Waals surface area (Å²) in [5, 5.41) is 14.5. The van der Waals surface area contributed by atoms with Gasteiger partial charge in [-0.25, -0.2) is 4.39 Å². The monoisotopic (exact) mass is 542 g/mol. The highest BCUT2D eigenvalue weighted by Gasteiger charge is 2.35. The first-order chi connectivity index (χ1) is 18.3. The molecule has 9 nitrogen and oxygen atoms in total. The Hall–Kier alpha value is -4.02. The Kier molecular flexibility index (Phi) is 10.6. The Morgan fingerprint density at radius 2 is 1.71 bits per heavy atom. The van der Waals surface area contributed by atoms with E-state index in [1.807, 2.05) is 0 Å². The first-order valence-corrected chi connectivity index (χ1v) is 12.3. The molecule has 1 saturated heterocycles. The van der Waals surface area contributed by atoms with Crippen LogP contribution in [0.4, 0.5) is 15.8 Å². The molecule has 1 aliphatic carbocycles. The van der Waals surface area contributed by atoms with E-state index in [2.05, 4.69) is 10.6 Å². The Morgan fingerprint density at radius 1 is 1.00 bits per heavy atom. The third-order valence-electron chi connectivity index (χ3n) is 5.74. The molecule has 1 saturated carbocycles. The van der Waals surface area contributed by atoms with Crippen molar-refractivity contribution in [1.82, 2.24) is 9.47 Å². The SMILES string of the molecule is O=C(C1CC1)N1CCC(O)C1.O=CNc1ccc(-n2ccccc2=O)cc1F.O=CNc1ccc(Cl)cc1. The van der Waals surface area contributed by atoms with Crippen molar-refractivity contribution in [3.8, 4) is 5.69 Å². The highest BCUT2D eigenvalue weighted by molar-refractivity contribution is 6.30. The molecule has 3 aromatic rings. The number of pyridine rings is 1. The number of β-amino-alcohol motifs (C(OH)–C–C–N with tert-alkyl or cyclic N) is 1. The van der Waals surface area contributed by atoms with Crippen molar-refractivity contribution in [2.24, 2.45) is 5.92 Å². The van der Waals surface area contributed by atoms with E-state index in [1.165, 1.54) is 22.8 Å². The van der Waals surface area contributed by atoms with Gasteiger partial charge in [0.1, 0.15) is 5.82 Å². The molecule has 0 spiro atoms. The number of halogens is 2. The lowest BCUT2D eigenvalue weighted by Crippen LogP contribution is -2.30. The van der Waals surface area contributed by atoms with Crippen LogP contribution in [0.2, 0.25) is 5.02 Å². The second kappa shape index (κ2) is 14.1. The lowest BCUT2D eigenvalue weighted by molar-refractivity contribution is -0.131. The van der Waals surface area contributed by atoms with Crippen LogP contribution in [0.15, 0.2) is 71.7 Å². The summed E-state index contributed by atoms with van der Waals surface area (Å²) in [6.45, 7) is 1.33. The molecule has 38 heavy (non-hydrogen) atoms. The van der Waals surface area contributed by atoms with E-state index < -0.39 is 5.82 Å². The number of aromatic nitrogens is 1. The molecule has 3 amide bonds. The van der Waals surface area contributed by atoms with Crippen molar-refractivity contribution in [1.29, 1.82) is 0 Å². The number of carbonyl (C=O) groups excluding carboxylic acids is 3. The van der Waals surface area contributed by atoms with Gasteiger partial charge in [0.05, 0.1) is 17.5 Å². The van der Waals surface area contributed by atoms with Gasteiger partial charge < -0.3 is 20.6 Å². The Bertz CT molecular complexity index is 1300. The summed E-state index contributed by atoms with van der Waals surface area (Å²) >= 11 is 5.60. The molecule has 5 rings (SSSR count). The molecule has 0 radical (unpaired) electrons. The minimum Gasteiger partial charge on any atom is -0.391 e. The first kappa shape index (κ1) is 28.5. The molecule has 200 valence electrons. The van der Waals surface area contributed by atoms with E-state index in [-0.39, 0.29) is 23.3 Å². The maximum Gasteiger partial charge on any atom is 0.255 e. The molecule has 1 unspecified atom stereocenters. The number of aliphatic hydroxyl groups is 1. The fourth-order valence-corrected chi connectivity index (χ4v) is 3.75. The average molecular weight is 543 g/mol. The van der Waals surface area contributed by atoms with Gasteiger partial charge in [-0.1, -0.05) is 17.7 Å². The number of nitrogens with zero attached hydrogens (tertiary/aromatic N) is 2. The summed E-state index contributed by atoms with van der Waals surface area (Å²) in [7, 11) is 0. The van der Waals surface area contributed by atoms with Gasteiger partial charge >= 0.3 is 0 Å². The molecule has 2 heterocycles. The van der Waals surface area contributed by atoms with Crippen molar-refractivity contribution in [2.75, 3.05) is 23.7 Å². The number of hydrogen-bond acceptors (Lipinski definition) is 5. The number of amides is 3. The van der Waals surface area contributed by atoms with Crippen LogP contribution in [0, 0.1) is 11.7 Å². The number of hydrogen-bond donors (Lipinski definition) is 3. The van der Waals surface area contributed by atoms with Gasteiger partial charge in [-0.05, 0) is 61.7 Å². The van der Waals surface area contributed by atoms with Gasteiger partial charge in [0.15, 0.2) is 0 Å².